The number of nitrogens with one attached hydrogen (secondary N) is 1. The molecule has 0 saturated heterocycles. The van der Waals surface area contributed by atoms with E-state index in [4.69, 9.17) is 0 Å². The standard InChI is InChI=1S/C21H17N3S/c1-2-5-15(6-3-1)18-12-25-21-19(18)20(22-13-23-21)24-17-10-9-14-7-4-8-16(14)11-17/h1-3,5-6,9-13H,4,7-8H2,(H,22,23,24). The molecule has 0 saturated carbocycles. The van der Waals surface area contributed by atoms with E-state index >= 15 is 0 Å². The van der Waals surface area contributed by atoms with Gasteiger partial charge in [0.05, 0.1) is 5.39 Å². The molecule has 0 fully saturated rings. The van der Waals surface area contributed by atoms with Gasteiger partial charge in [0.2, 0.25) is 0 Å². The highest BCUT2D eigenvalue weighted by Crippen LogP contribution is 2.37. The van der Waals surface area contributed by atoms with Gasteiger partial charge in [0.15, 0.2) is 0 Å². The molecule has 1 N–H and O–H groups in total. The Kier molecular flexibility index (Phi) is 3.49. The lowest BCUT2D eigenvalue weighted by Gasteiger charge is -2.10. The maximum atomic E-state index is 4.54. The van der Waals surface area contributed by atoms with Crippen molar-refractivity contribution in [2.24, 2.45) is 0 Å². The molecular weight excluding hydrogens is 326 g/mol. The molecule has 2 aromatic carbocycles. The normalized spacial score (nSPS) is 13.1. The van der Waals surface area contributed by atoms with E-state index in [1.165, 1.54) is 41.5 Å². The molecule has 1 aliphatic rings. The molecule has 0 aliphatic heterocycles. The molecule has 4 heteroatoms. The number of aromatic nitrogens is 2. The van der Waals surface area contributed by atoms with Crippen molar-refractivity contribution in [2.45, 2.75) is 19.3 Å². The van der Waals surface area contributed by atoms with E-state index in [0.717, 1.165) is 21.7 Å². The van der Waals surface area contributed by atoms with E-state index in [1.807, 2.05) is 6.07 Å². The van der Waals surface area contributed by atoms with Crippen LogP contribution in [0.25, 0.3) is 21.3 Å². The van der Waals surface area contributed by atoms with Crippen molar-refractivity contribution in [2.75, 3.05) is 5.32 Å². The highest BCUT2D eigenvalue weighted by molar-refractivity contribution is 7.17. The number of nitrogens with zero attached hydrogens (tertiary/aromatic N) is 2. The second-order valence-corrected chi connectivity index (χ2v) is 7.24. The molecule has 0 spiro atoms. The van der Waals surface area contributed by atoms with Crippen LogP contribution < -0.4 is 5.32 Å². The topological polar surface area (TPSA) is 37.8 Å². The third kappa shape index (κ3) is 2.59. The maximum absolute atomic E-state index is 4.54. The van der Waals surface area contributed by atoms with Gasteiger partial charge in [-0.05, 0) is 48.1 Å². The number of anilines is 2. The summed E-state index contributed by atoms with van der Waals surface area (Å²) in [6, 6.07) is 17.1. The average molecular weight is 343 g/mol. The van der Waals surface area contributed by atoms with Crippen molar-refractivity contribution < 1.29 is 0 Å². The lowest BCUT2D eigenvalue weighted by Crippen LogP contribution is -1.96. The second-order valence-electron chi connectivity index (χ2n) is 6.38. The van der Waals surface area contributed by atoms with Gasteiger partial charge in [-0.25, -0.2) is 9.97 Å². The number of hydrogen-bond acceptors (Lipinski definition) is 4. The summed E-state index contributed by atoms with van der Waals surface area (Å²) in [5, 5.41) is 6.79. The summed E-state index contributed by atoms with van der Waals surface area (Å²) in [6.45, 7) is 0. The zero-order chi connectivity index (χ0) is 16.6. The Bertz CT molecular complexity index is 1050. The minimum atomic E-state index is 0.878. The third-order valence-electron chi connectivity index (χ3n) is 4.82. The van der Waals surface area contributed by atoms with Crippen molar-refractivity contribution >= 4 is 33.1 Å². The Morgan fingerprint density at radius 2 is 1.80 bits per heavy atom. The summed E-state index contributed by atoms with van der Waals surface area (Å²) in [4.78, 5) is 10.0. The van der Waals surface area contributed by atoms with Crippen molar-refractivity contribution in [3.63, 3.8) is 0 Å². The van der Waals surface area contributed by atoms with Crippen LogP contribution in [0.1, 0.15) is 17.5 Å². The van der Waals surface area contributed by atoms with Crippen LogP contribution in [-0.4, -0.2) is 9.97 Å². The molecule has 4 aromatic rings. The number of rotatable bonds is 3. The van der Waals surface area contributed by atoms with E-state index in [0.29, 0.717) is 0 Å². The van der Waals surface area contributed by atoms with Gasteiger partial charge in [0, 0.05) is 16.6 Å². The van der Waals surface area contributed by atoms with E-state index in [-0.39, 0.29) is 0 Å². The maximum Gasteiger partial charge on any atom is 0.143 e. The predicted octanol–water partition coefficient (Wildman–Crippen LogP) is 5.59. The molecule has 0 unspecified atom stereocenters. The molecule has 0 bridgehead atoms. The Balaban J connectivity index is 1.60. The molecule has 2 aromatic heterocycles. The van der Waals surface area contributed by atoms with Crippen LogP contribution in [0, 0.1) is 0 Å². The SMILES string of the molecule is c1ccc(-c2csc3ncnc(Nc4ccc5c(c4)CCC5)c23)cc1. The minimum Gasteiger partial charge on any atom is -0.340 e. The van der Waals surface area contributed by atoms with Crippen LogP contribution >= 0.6 is 11.3 Å². The summed E-state index contributed by atoms with van der Waals surface area (Å²) in [7, 11) is 0. The first-order chi connectivity index (χ1) is 12.4. The number of aryl methyl sites for hydroxylation is 2. The zero-order valence-corrected chi connectivity index (χ0v) is 14.5. The molecule has 3 nitrogen and oxygen atoms in total. The quantitative estimate of drug-likeness (QED) is 0.527. The van der Waals surface area contributed by atoms with Gasteiger partial charge in [0.1, 0.15) is 17.0 Å². The fraction of sp³-hybridized carbons (Fsp3) is 0.143. The van der Waals surface area contributed by atoms with Crippen LogP contribution in [0.4, 0.5) is 11.5 Å². The van der Waals surface area contributed by atoms with Gasteiger partial charge in [-0.2, -0.15) is 0 Å². The van der Waals surface area contributed by atoms with Crippen molar-refractivity contribution in [3.05, 3.63) is 71.4 Å². The van der Waals surface area contributed by atoms with Gasteiger partial charge in [0.25, 0.3) is 0 Å². The van der Waals surface area contributed by atoms with Gasteiger partial charge in [-0.15, -0.1) is 11.3 Å². The van der Waals surface area contributed by atoms with Gasteiger partial charge in [-0.3, -0.25) is 0 Å². The van der Waals surface area contributed by atoms with Gasteiger partial charge < -0.3 is 5.32 Å². The first kappa shape index (κ1) is 14.6. The second kappa shape index (κ2) is 5.97. The molecule has 25 heavy (non-hydrogen) atoms. The van der Waals surface area contributed by atoms with E-state index in [2.05, 4.69) is 63.1 Å². The first-order valence-electron chi connectivity index (χ1n) is 8.55. The zero-order valence-electron chi connectivity index (χ0n) is 13.7. The predicted molar refractivity (Wildman–Crippen MR) is 105 cm³/mol. The summed E-state index contributed by atoms with van der Waals surface area (Å²) < 4.78 is 0. The van der Waals surface area contributed by atoms with Gasteiger partial charge in [-0.1, -0.05) is 36.4 Å². The molecular formula is C21H17N3S. The van der Waals surface area contributed by atoms with Crippen LogP contribution in [0.15, 0.2) is 60.2 Å². The fourth-order valence-electron chi connectivity index (χ4n) is 3.59. The number of hydrogen-bond donors (Lipinski definition) is 1. The van der Waals surface area contributed by atoms with Crippen LogP contribution in [0.2, 0.25) is 0 Å². The lowest BCUT2D eigenvalue weighted by atomic mass is 10.1. The Morgan fingerprint density at radius 3 is 2.72 bits per heavy atom. The van der Waals surface area contributed by atoms with E-state index in [9.17, 15) is 0 Å². The monoisotopic (exact) mass is 343 g/mol. The summed E-state index contributed by atoms with van der Waals surface area (Å²) >= 11 is 1.66. The Morgan fingerprint density at radius 1 is 0.920 bits per heavy atom. The summed E-state index contributed by atoms with van der Waals surface area (Å²) in [5.41, 5.74) is 6.43. The van der Waals surface area contributed by atoms with Crippen molar-refractivity contribution in [3.8, 4) is 11.1 Å². The van der Waals surface area contributed by atoms with E-state index < -0.39 is 0 Å². The smallest absolute Gasteiger partial charge is 0.143 e. The highest BCUT2D eigenvalue weighted by Gasteiger charge is 2.15. The number of thiophene rings is 1. The van der Waals surface area contributed by atoms with Crippen molar-refractivity contribution in [1.82, 2.24) is 9.97 Å². The molecule has 5 rings (SSSR count). The number of fused-ring (bicyclic) bond motifs is 2. The van der Waals surface area contributed by atoms with Crippen LogP contribution in [0.5, 0.6) is 0 Å². The Hall–Kier alpha value is -2.72. The molecule has 0 amide bonds. The third-order valence-corrected chi connectivity index (χ3v) is 5.70. The molecule has 0 radical (unpaired) electrons. The van der Waals surface area contributed by atoms with Crippen molar-refractivity contribution in [1.29, 1.82) is 0 Å². The minimum absolute atomic E-state index is 0.878. The van der Waals surface area contributed by atoms with Crippen LogP contribution in [-0.2, 0) is 12.8 Å². The largest absolute Gasteiger partial charge is 0.340 e. The summed E-state index contributed by atoms with van der Waals surface area (Å²) in [5.74, 6) is 0.878. The van der Waals surface area contributed by atoms with E-state index in [1.54, 1.807) is 17.7 Å². The molecule has 0 atom stereocenters. The molecule has 1 aliphatic carbocycles. The summed E-state index contributed by atoms with van der Waals surface area (Å²) in [6.07, 6.45) is 5.29. The van der Waals surface area contributed by atoms with Gasteiger partial charge >= 0.3 is 0 Å². The highest BCUT2D eigenvalue weighted by atomic mass is 32.1. The lowest BCUT2D eigenvalue weighted by molar-refractivity contribution is 0.912. The van der Waals surface area contributed by atoms with Crippen LogP contribution in [0.3, 0.4) is 0 Å². The average Bonchev–Trinajstić information content (AvgIpc) is 3.29. The molecule has 122 valence electrons. The molecule has 2 heterocycles. The number of benzene rings is 2. The Labute approximate surface area is 150 Å². The first-order valence-corrected chi connectivity index (χ1v) is 9.43. The fourth-order valence-corrected chi connectivity index (χ4v) is 4.50.